The van der Waals surface area contributed by atoms with Gasteiger partial charge >= 0.3 is 0 Å². The molecule has 2 N–H and O–H groups in total. The zero-order chi connectivity index (χ0) is 9.40. The highest BCUT2D eigenvalue weighted by atomic mass is 32.2. The van der Waals surface area contributed by atoms with Gasteiger partial charge in [0.15, 0.2) is 0 Å². The molecule has 72 valence electrons. The fourth-order valence-electron chi connectivity index (χ4n) is 1.13. The van der Waals surface area contributed by atoms with Gasteiger partial charge in [0.25, 0.3) is 0 Å². The van der Waals surface area contributed by atoms with Gasteiger partial charge in [-0.15, -0.1) is 0 Å². The molecule has 0 bridgehead atoms. The molecular weight excluding hydrogens is 186 g/mol. The number of hydrogen-bond acceptors (Lipinski definition) is 2. The normalized spacial score (nSPS) is 12.8. The average molecular weight is 205 g/mol. The van der Waals surface area contributed by atoms with Crippen LogP contribution < -0.4 is 5.73 Å². The molecule has 0 spiro atoms. The third-order valence-electron chi connectivity index (χ3n) is 1.87. The van der Waals surface area contributed by atoms with E-state index in [0.29, 0.717) is 9.57 Å². The SMILES string of the molecule is CCCCCC(CC)SC(N)=S. The molecule has 0 radical (unpaired) electrons. The second-order valence-electron chi connectivity index (χ2n) is 2.96. The first-order valence-electron chi connectivity index (χ1n) is 4.66. The van der Waals surface area contributed by atoms with E-state index in [1.807, 2.05) is 0 Å². The van der Waals surface area contributed by atoms with Gasteiger partial charge in [0, 0.05) is 5.25 Å². The number of thiocarbonyl (C=S) groups is 1. The summed E-state index contributed by atoms with van der Waals surface area (Å²) in [7, 11) is 0. The Labute approximate surface area is 85.5 Å². The number of rotatable bonds is 6. The lowest BCUT2D eigenvalue weighted by Crippen LogP contribution is -2.10. The van der Waals surface area contributed by atoms with Crippen LogP contribution in [0.1, 0.15) is 46.0 Å². The van der Waals surface area contributed by atoms with Crippen LogP contribution in [0, 0.1) is 0 Å². The van der Waals surface area contributed by atoms with Crippen LogP contribution in [0.15, 0.2) is 0 Å². The predicted octanol–water partition coefficient (Wildman–Crippen LogP) is 3.32. The van der Waals surface area contributed by atoms with Gasteiger partial charge in [-0.2, -0.15) is 0 Å². The molecule has 1 nitrogen and oxygen atoms in total. The lowest BCUT2D eigenvalue weighted by Gasteiger charge is -2.12. The van der Waals surface area contributed by atoms with Crippen LogP contribution in [0.5, 0.6) is 0 Å². The summed E-state index contributed by atoms with van der Waals surface area (Å²) in [6, 6.07) is 0. The molecule has 1 unspecified atom stereocenters. The van der Waals surface area contributed by atoms with E-state index >= 15 is 0 Å². The molecule has 0 aromatic heterocycles. The summed E-state index contributed by atoms with van der Waals surface area (Å²) in [4.78, 5) is 0. The first-order chi connectivity index (χ1) is 5.70. The lowest BCUT2D eigenvalue weighted by atomic mass is 10.1. The molecule has 0 amide bonds. The number of thioether (sulfide) groups is 1. The molecule has 0 fully saturated rings. The Bertz CT molecular complexity index is 126. The van der Waals surface area contributed by atoms with Crippen molar-refractivity contribution in [3.63, 3.8) is 0 Å². The molecule has 0 aliphatic heterocycles. The molecular formula is C9H19NS2. The summed E-state index contributed by atoms with van der Waals surface area (Å²) in [5, 5.41) is 0.647. The molecule has 1 atom stereocenters. The molecule has 12 heavy (non-hydrogen) atoms. The highest BCUT2D eigenvalue weighted by Gasteiger charge is 2.07. The van der Waals surface area contributed by atoms with Crippen LogP contribution in [0.2, 0.25) is 0 Å². The Balaban J connectivity index is 3.46. The maximum absolute atomic E-state index is 5.47. The van der Waals surface area contributed by atoms with Crippen molar-refractivity contribution in [3.05, 3.63) is 0 Å². The van der Waals surface area contributed by atoms with Crippen molar-refractivity contribution in [2.24, 2.45) is 5.73 Å². The summed E-state index contributed by atoms with van der Waals surface area (Å²) in [5.41, 5.74) is 5.47. The Morgan fingerprint density at radius 3 is 2.50 bits per heavy atom. The second kappa shape index (κ2) is 7.87. The molecule has 0 aromatic carbocycles. The minimum absolute atomic E-state index is 0.596. The number of hydrogen-bond donors (Lipinski definition) is 1. The third kappa shape index (κ3) is 6.92. The summed E-state index contributed by atoms with van der Waals surface area (Å²) < 4.78 is 0.596. The van der Waals surface area contributed by atoms with E-state index in [2.05, 4.69) is 13.8 Å². The highest BCUT2D eigenvalue weighted by Crippen LogP contribution is 2.20. The quantitative estimate of drug-likeness (QED) is 0.532. The molecule has 0 aromatic rings. The Morgan fingerprint density at radius 2 is 2.08 bits per heavy atom. The lowest BCUT2D eigenvalue weighted by molar-refractivity contribution is 0.637. The Hall–Kier alpha value is 0.240. The minimum atomic E-state index is 0.596. The fraction of sp³-hybridized carbons (Fsp3) is 0.889. The topological polar surface area (TPSA) is 26.0 Å². The van der Waals surface area contributed by atoms with E-state index in [1.54, 1.807) is 11.8 Å². The fourth-order valence-corrected chi connectivity index (χ4v) is 2.32. The van der Waals surface area contributed by atoms with Crippen molar-refractivity contribution in [3.8, 4) is 0 Å². The smallest absolute Gasteiger partial charge is 0.131 e. The summed E-state index contributed by atoms with van der Waals surface area (Å²) in [6.07, 6.45) is 6.35. The van der Waals surface area contributed by atoms with Gasteiger partial charge in [-0.3, -0.25) is 0 Å². The third-order valence-corrected chi connectivity index (χ3v) is 3.29. The van der Waals surface area contributed by atoms with Crippen molar-refractivity contribution in [1.29, 1.82) is 0 Å². The van der Waals surface area contributed by atoms with E-state index in [-0.39, 0.29) is 0 Å². The molecule has 0 rings (SSSR count). The van der Waals surface area contributed by atoms with Gasteiger partial charge in [-0.05, 0) is 12.8 Å². The maximum atomic E-state index is 5.47. The molecule has 0 aliphatic carbocycles. The van der Waals surface area contributed by atoms with Gasteiger partial charge in [0.2, 0.25) is 0 Å². The predicted molar refractivity (Wildman–Crippen MR) is 62.6 cm³/mol. The van der Waals surface area contributed by atoms with Gasteiger partial charge in [0.1, 0.15) is 4.32 Å². The summed E-state index contributed by atoms with van der Waals surface area (Å²) >= 11 is 6.52. The monoisotopic (exact) mass is 205 g/mol. The average Bonchev–Trinajstić information content (AvgIpc) is 2.02. The van der Waals surface area contributed by atoms with Gasteiger partial charge in [-0.1, -0.05) is 57.1 Å². The van der Waals surface area contributed by atoms with E-state index < -0.39 is 0 Å². The Morgan fingerprint density at radius 1 is 1.42 bits per heavy atom. The summed E-state index contributed by atoms with van der Waals surface area (Å²) in [6.45, 7) is 4.42. The first kappa shape index (κ1) is 12.2. The van der Waals surface area contributed by atoms with E-state index in [0.717, 1.165) is 0 Å². The molecule has 0 saturated heterocycles. The van der Waals surface area contributed by atoms with Gasteiger partial charge in [0.05, 0.1) is 0 Å². The van der Waals surface area contributed by atoms with Crippen molar-refractivity contribution in [1.82, 2.24) is 0 Å². The number of nitrogens with two attached hydrogens (primary N) is 1. The zero-order valence-electron chi connectivity index (χ0n) is 8.01. The molecule has 0 heterocycles. The van der Waals surface area contributed by atoms with Crippen LogP contribution >= 0.6 is 24.0 Å². The molecule has 0 aliphatic rings. The largest absolute Gasteiger partial charge is 0.385 e. The maximum Gasteiger partial charge on any atom is 0.131 e. The van der Waals surface area contributed by atoms with Crippen LogP contribution in [0.4, 0.5) is 0 Å². The van der Waals surface area contributed by atoms with Crippen LogP contribution in [0.3, 0.4) is 0 Å². The van der Waals surface area contributed by atoms with Crippen molar-refractivity contribution < 1.29 is 0 Å². The zero-order valence-corrected chi connectivity index (χ0v) is 9.64. The van der Waals surface area contributed by atoms with E-state index in [9.17, 15) is 0 Å². The summed E-state index contributed by atoms with van der Waals surface area (Å²) in [5.74, 6) is 0. The van der Waals surface area contributed by atoms with E-state index in [1.165, 1.54) is 32.1 Å². The van der Waals surface area contributed by atoms with Crippen molar-refractivity contribution in [2.45, 2.75) is 51.2 Å². The minimum Gasteiger partial charge on any atom is -0.385 e. The highest BCUT2D eigenvalue weighted by molar-refractivity contribution is 8.23. The van der Waals surface area contributed by atoms with Crippen LogP contribution in [0.25, 0.3) is 0 Å². The molecule has 0 saturated carbocycles. The van der Waals surface area contributed by atoms with Gasteiger partial charge in [-0.25, -0.2) is 0 Å². The van der Waals surface area contributed by atoms with Crippen LogP contribution in [-0.4, -0.2) is 9.57 Å². The van der Waals surface area contributed by atoms with Gasteiger partial charge < -0.3 is 5.73 Å². The van der Waals surface area contributed by atoms with Crippen molar-refractivity contribution >= 4 is 28.3 Å². The second-order valence-corrected chi connectivity index (χ2v) is 5.00. The van der Waals surface area contributed by atoms with E-state index in [4.69, 9.17) is 18.0 Å². The first-order valence-corrected chi connectivity index (χ1v) is 5.95. The van der Waals surface area contributed by atoms with Crippen LogP contribution in [-0.2, 0) is 0 Å². The van der Waals surface area contributed by atoms with Crippen molar-refractivity contribution in [2.75, 3.05) is 0 Å². The standard InChI is InChI=1S/C9H19NS2/c1-3-5-6-7-8(4-2)12-9(10)11/h8H,3-7H2,1-2H3,(H2,10,11). The Kier molecular flexibility index (Phi) is 8.02. The molecule has 3 heteroatoms. The number of unbranched alkanes of at least 4 members (excludes halogenated alkanes) is 2.